The average molecular weight is 224 g/mol. The van der Waals surface area contributed by atoms with Gasteiger partial charge in [-0.3, -0.25) is 4.79 Å². The highest BCUT2D eigenvalue weighted by Gasteiger charge is 2.03. The molecule has 0 aliphatic heterocycles. The largest absolute Gasteiger partial charge is 0.294 e. The van der Waals surface area contributed by atoms with E-state index in [1.54, 1.807) is 12.1 Å². The van der Waals surface area contributed by atoms with Gasteiger partial charge in [0.1, 0.15) is 5.82 Å². The Morgan fingerprint density at radius 3 is 2.06 bits per heavy atom. The van der Waals surface area contributed by atoms with E-state index < -0.39 is 5.82 Å². The summed E-state index contributed by atoms with van der Waals surface area (Å²) in [7, 11) is 0. The number of hydrogen-bond acceptors (Lipinski definition) is 1. The second kappa shape index (κ2) is 11.6. The molecule has 2 heteroatoms. The SMILES string of the molecule is C=CCC.CC.CC(=O)c1ccccc1F. The lowest BCUT2D eigenvalue weighted by molar-refractivity contribution is 0.101. The summed E-state index contributed by atoms with van der Waals surface area (Å²) in [5, 5.41) is 0. The van der Waals surface area contributed by atoms with Gasteiger partial charge >= 0.3 is 0 Å². The number of carbonyl (C=O) groups is 1. The van der Waals surface area contributed by atoms with E-state index in [1.165, 1.54) is 19.1 Å². The number of rotatable bonds is 2. The minimum atomic E-state index is -0.449. The number of allylic oxidation sites excluding steroid dienone is 1. The number of benzene rings is 1. The monoisotopic (exact) mass is 224 g/mol. The quantitative estimate of drug-likeness (QED) is 0.528. The molecule has 0 aliphatic carbocycles. The normalized spacial score (nSPS) is 7.81. The van der Waals surface area contributed by atoms with Gasteiger partial charge in [0, 0.05) is 0 Å². The molecule has 0 N–H and O–H groups in total. The lowest BCUT2D eigenvalue weighted by Gasteiger charge is -1.94. The first-order valence-corrected chi connectivity index (χ1v) is 5.49. The molecular formula is C14H21FO. The molecule has 0 spiro atoms. The van der Waals surface area contributed by atoms with Gasteiger partial charge in [-0.05, 0) is 25.5 Å². The Kier molecular flexibility index (Phi) is 12.3. The molecule has 0 heterocycles. The van der Waals surface area contributed by atoms with Gasteiger partial charge in [-0.1, -0.05) is 39.0 Å². The van der Waals surface area contributed by atoms with Gasteiger partial charge in [0.05, 0.1) is 5.56 Å². The Morgan fingerprint density at radius 2 is 1.81 bits per heavy atom. The highest BCUT2D eigenvalue weighted by atomic mass is 19.1. The zero-order chi connectivity index (χ0) is 13.0. The van der Waals surface area contributed by atoms with Crippen molar-refractivity contribution in [1.29, 1.82) is 0 Å². The van der Waals surface area contributed by atoms with E-state index in [0.717, 1.165) is 6.42 Å². The molecule has 0 unspecified atom stereocenters. The van der Waals surface area contributed by atoms with Crippen LogP contribution in [0.2, 0.25) is 0 Å². The third kappa shape index (κ3) is 7.92. The minimum absolute atomic E-state index is 0.155. The highest BCUT2D eigenvalue weighted by molar-refractivity contribution is 5.94. The summed E-state index contributed by atoms with van der Waals surface area (Å²) in [6.07, 6.45) is 2.96. The van der Waals surface area contributed by atoms with E-state index in [0.29, 0.717) is 0 Å². The van der Waals surface area contributed by atoms with Crippen molar-refractivity contribution < 1.29 is 9.18 Å². The third-order valence-electron chi connectivity index (χ3n) is 1.54. The van der Waals surface area contributed by atoms with E-state index in [4.69, 9.17) is 0 Å². The first-order valence-electron chi connectivity index (χ1n) is 5.49. The molecule has 0 saturated carbocycles. The van der Waals surface area contributed by atoms with E-state index >= 15 is 0 Å². The van der Waals surface area contributed by atoms with Gasteiger partial charge in [-0.15, -0.1) is 6.58 Å². The van der Waals surface area contributed by atoms with Crippen LogP contribution < -0.4 is 0 Å². The van der Waals surface area contributed by atoms with Gasteiger partial charge in [0.15, 0.2) is 5.78 Å². The van der Waals surface area contributed by atoms with Crippen molar-refractivity contribution in [1.82, 2.24) is 0 Å². The predicted molar refractivity (Wildman–Crippen MR) is 68.2 cm³/mol. The fourth-order valence-corrected chi connectivity index (χ4v) is 0.747. The van der Waals surface area contributed by atoms with E-state index in [2.05, 4.69) is 13.5 Å². The van der Waals surface area contributed by atoms with Crippen LogP contribution in [0.5, 0.6) is 0 Å². The van der Waals surface area contributed by atoms with Crippen molar-refractivity contribution in [3.05, 3.63) is 48.3 Å². The third-order valence-corrected chi connectivity index (χ3v) is 1.54. The number of ketones is 1. The molecule has 1 rings (SSSR count). The molecule has 1 aromatic carbocycles. The minimum Gasteiger partial charge on any atom is -0.294 e. The summed E-state index contributed by atoms with van der Waals surface area (Å²) in [5.41, 5.74) is 0.155. The van der Waals surface area contributed by atoms with Crippen LogP contribution >= 0.6 is 0 Å². The van der Waals surface area contributed by atoms with E-state index in [9.17, 15) is 9.18 Å². The molecule has 0 saturated heterocycles. The van der Waals surface area contributed by atoms with Crippen molar-refractivity contribution in [3.63, 3.8) is 0 Å². The molecule has 0 bridgehead atoms. The fraction of sp³-hybridized carbons (Fsp3) is 0.357. The summed E-state index contributed by atoms with van der Waals surface area (Å²) < 4.78 is 12.6. The lowest BCUT2D eigenvalue weighted by Crippen LogP contribution is -1.94. The van der Waals surface area contributed by atoms with Crippen LogP contribution in [-0.2, 0) is 0 Å². The maximum atomic E-state index is 12.6. The maximum absolute atomic E-state index is 12.6. The molecule has 0 atom stereocenters. The van der Waals surface area contributed by atoms with Crippen LogP contribution in [0, 0.1) is 5.82 Å². The van der Waals surface area contributed by atoms with Crippen molar-refractivity contribution in [2.24, 2.45) is 0 Å². The standard InChI is InChI=1S/C8H7FO.C4H8.C2H6/c1-6(10)7-4-2-3-5-8(7)9;1-3-4-2;1-2/h2-5H,1H3;3H,1,4H2,2H3;1-2H3. The van der Waals surface area contributed by atoms with Crippen LogP contribution in [0.3, 0.4) is 0 Å². The Balaban J connectivity index is 0. The van der Waals surface area contributed by atoms with Crippen LogP contribution in [0.1, 0.15) is 44.5 Å². The summed E-state index contributed by atoms with van der Waals surface area (Å²) in [5.74, 6) is -0.687. The zero-order valence-corrected chi connectivity index (χ0v) is 10.6. The Morgan fingerprint density at radius 1 is 1.38 bits per heavy atom. The van der Waals surface area contributed by atoms with E-state index in [1.807, 2.05) is 19.9 Å². The zero-order valence-electron chi connectivity index (χ0n) is 10.6. The molecule has 0 amide bonds. The van der Waals surface area contributed by atoms with Crippen LogP contribution in [0.4, 0.5) is 4.39 Å². The summed E-state index contributed by atoms with van der Waals surface area (Å²) in [6.45, 7) is 10.9. The molecule has 90 valence electrons. The molecule has 1 nitrogen and oxygen atoms in total. The van der Waals surface area contributed by atoms with Gasteiger partial charge < -0.3 is 0 Å². The van der Waals surface area contributed by atoms with Crippen molar-refractivity contribution in [2.75, 3.05) is 0 Å². The van der Waals surface area contributed by atoms with Gasteiger partial charge in [0.2, 0.25) is 0 Å². The van der Waals surface area contributed by atoms with Gasteiger partial charge in [-0.2, -0.15) is 0 Å². The topological polar surface area (TPSA) is 17.1 Å². The second-order valence-corrected chi connectivity index (χ2v) is 2.73. The summed E-state index contributed by atoms with van der Waals surface area (Å²) in [4.78, 5) is 10.6. The lowest BCUT2D eigenvalue weighted by atomic mass is 10.1. The van der Waals surface area contributed by atoms with Crippen molar-refractivity contribution in [3.8, 4) is 0 Å². The first-order chi connectivity index (χ1) is 7.63. The number of halogens is 1. The Hall–Kier alpha value is -1.44. The van der Waals surface area contributed by atoms with Crippen molar-refractivity contribution in [2.45, 2.75) is 34.1 Å². The second-order valence-electron chi connectivity index (χ2n) is 2.73. The fourth-order valence-electron chi connectivity index (χ4n) is 0.747. The molecule has 0 aliphatic rings. The highest BCUT2D eigenvalue weighted by Crippen LogP contribution is 2.05. The van der Waals surface area contributed by atoms with Crippen LogP contribution in [-0.4, -0.2) is 5.78 Å². The van der Waals surface area contributed by atoms with Crippen LogP contribution in [0.25, 0.3) is 0 Å². The Bertz CT molecular complexity index is 305. The molecule has 0 fully saturated rings. The predicted octanol–water partition coefficient (Wildman–Crippen LogP) is 4.64. The van der Waals surface area contributed by atoms with E-state index in [-0.39, 0.29) is 11.3 Å². The van der Waals surface area contributed by atoms with Crippen LogP contribution in [0.15, 0.2) is 36.9 Å². The number of hydrogen-bond donors (Lipinski definition) is 0. The molecule has 1 aromatic rings. The van der Waals surface area contributed by atoms with Gasteiger partial charge in [-0.25, -0.2) is 4.39 Å². The van der Waals surface area contributed by atoms with Crippen molar-refractivity contribution >= 4 is 5.78 Å². The molecule has 0 radical (unpaired) electrons. The summed E-state index contributed by atoms with van der Waals surface area (Å²) >= 11 is 0. The maximum Gasteiger partial charge on any atom is 0.162 e. The molecule has 0 aromatic heterocycles. The Labute approximate surface area is 98.0 Å². The smallest absolute Gasteiger partial charge is 0.162 e. The number of carbonyl (C=O) groups excluding carboxylic acids is 1. The average Bonchev–Trinajstić information content (AvgIpc) is 2.32. The molecule has 16 heavy (non-hydrogen) atoms. The summed E-state index contributed by atoms with van der Waals surface area (Å²) in [6, 6.07) is 5.94. The first kappa shape index (κ1) is 17.0. The molecular weight excluding hydrogens is 203 g/mol. The van der Waals surface area contributed by atoms with Gasteiger partial charge in [0.25, 0.3) is 0 Å². The number of Topliss-reactive ketones (excluding diaryl/α,β-unsaturated/α-hetero) is 1.